The van der Waals surface area contributed by atoms with E-state index < -0.39 is 5.97 Å². The molecule has 2 heterocycles. The van der Waals surface area contributed by atoms with Gasteiger partial charge in [-0.2, -0.15) is 5.10 Å². The summed E-state index contributed by atoms with van der Waals surface area (Å²) in [6.45, 7) is 1.89. The van der Waals surface area contributed by atoms with Gasteiger partial charge >= 0.3 is 5.97 Å². The fraction of sp³-hybridized carbons (Fsp3) is 0.300. The lowest BCUT2D eigenvalue weighted by Crippen LogP contribution is -1.97. The molecule has 0 amide bonds. The van der Waals surface area contributed by atoms with Crippen molar-refractivity contribution >= 4 is 17.3 Å². The quantitative estimate of drug-likeness (QED) is 0.883. The van der Waals surface area contributed by atoms with Gasteiger partial charge in [0.05, 0.1) is 5.69 Å². The van der Waals surface area contributed by atoms with Crippen LogP contribution < -0.4 is 0 Å². The Hall–Kier alpha value is -1.69. The van der Waals surface area contributed by atoms with Crippen molar-refractivity contribution in [2.24, 2.45) is 7.05 Å². The Morgan fingerprint density at radius 1 is 1.62 bits per heavy atom. The topological polar surface area (TPSA) is 68.0 Å². The third-order valence-electron chi connectivity index (χ3n) is 2.16. The Morgan fingerprint density at radius 3 is 2.81 bits per heavy atom. The molecule has 2 aromatic rings. The number of hydrogen-bond donors (Lipinski definition) is 1. The number of carbonyl (C=O) groups is 1. The van der Waals surface area contributed by atoms with Gasteiger partial charge in [-0.3, -0.25) is 4.68 Å². The van der Waals surface area contributed by atoms with Crippen LogP contribution >= 0.6 is 11.3 Å². The van der Waals surface area contributed by atoms with E-state index in [1.165, 1.54) is 11.3 Å². The Labute approximate surface area is 96.4 Å². The zero-order valence-corrected chi connectivity index (χ0v) is 9.78. The lowest BCUT2D eigenvalue weighted by Gasteiger charge is -1.89. The maximum Gasteiger partial charge on any atom is 0.347 e. The van der Waals surface area contributed by atoms with E-state index in [0.29, 0.717) is 22.0 Å². The van der Waals surface area contributed by atoms with Gasteiger partial charge in [0, 0.05) is 13.2 Å². The van der Waals surface area contributed by atoms with Crippen LogP contribution in [0.3, 0.4) is 0 Å². The van der Waals surface area contributed by atoms with E-state index in [-0.39, 0.29) is 0 Å². The molecule has 6 heteroatoms. The van der Waals surface area contributed by atoms with Gasteiger partial charge in [0.2, 0.25) is 0 Å². The molecule has 0 atom stereocenters. The molecule has 84 valence electrons. The highest BCUT2D eigenvalue weighted by atomic mass is 32.1. The summed E-state index contributed by atoms with van der Waals surface area (Å²) in [6, 6.07) is 1.82. The van der Waals surface area contributed by atoms with Crippen molar-refractivity contribution in [3.05, 3.63) is 22.8 Å². The van der Waals surface area contributed by atoms with Gasteiger partial charge in [-0.1, -0.05) is 6.92 Å². The standard InChI is InChI=1S/C10H11N3O2S/c1-3-6-8(10(14)15)16-9(11-6)7-4-5-13(2)12-7/h4-5H,3H2,1-2H3,(H,14,15). The molecule has 0 unspecified atom stereocenters. The first-order valence-electron chi connectivity index (χ1n) is 4.84. The number of carboxylic acids is 1. The third-order valence-corrected chi connectivity index (χ3v) is 3.27. The predicted molar refractivity (Wildman–Crippen MR) is 60.7 cm³/mol. The molecule has 5 nitrogen and oxygen atoms in total. The molecule has 0 aromatic carbocycles. The van der Waals surface area contributed by atoms with Crippen molar-refractivity contribution in [1.29, 1.82) is 0 Å². The lowest BCUT2D eigenvalue weighted by molar-refractivity contribution is 0.0701. The second kappa shape index (κ2) is 4.05. The summed E-state index contributed by atoms with van der Waals surface area (Å²) in [4.78, 5) is 15.6. The maximum absolute atomic E-state index is 11.0. The van der Waals surface area contributed by atoms with Gasteiger partial charge in [-0.05, 0) is 12.5 Å². The monoisotopic (exact) mass is 237 g/mol. The summed E-state index contributed by atoms with van der Waals surface area (Å²) in [7, 11) is 1.82. The summed E-state index contributed by atoms with van der Waals surface area (Å²) < 4.78 is 1.67. The minimum Gasteiger partial charge on any atom is -0.477 e. The van der Waals surface area contributed by atoms with Crippen LogP contribution in [0.2, 0.25) is 0 Å². The molecule has 0 aliphatic heterocycles. The van der Waals surface area contributed by atoms with Gasteiger partial charge in [0.15, 0.2) is 0 Å². The Morgan fingerprint density at radius 2 is 2.38 bits per heavy atom. The summed E-state index contributed by atoms with van der Waals surface area (Å²) in [5, 5.41) is 13.9. The molecule has 0 bridgehead atoms. The first kappa shape index (κ1) is 10.8. The van der Waals surface area contributed by atoms with Crippen molar-refractivity contribution in [2.75, 3.05) is 0 Å². The van der Waals surface area contributed by atoms with Gasteiger partial charge < -0.3 is 5.11 Å². The first-order valence-corrected chi connectivity index (χ1v) is 5.66. The molecule has 0 spiro atoms. The minimum absolute atomic E-state index is 0.308. The van der Waals surface area contributed by atoms with Crippen LogP contribution in [0.1, 0.15) is 22.3 Å². The van der Waals surface area contributed by atoms with Gasteiger partial charge in [0.25, 0.3) is 0 Å². The molecular weight excluding hydrogens is 226 g/mol. The number of hydrogen-bond acceptors (Lipinski definition) is 4. The number of nitrogens with zero attached hydrogens (tertiary/aromatic N) is 3. The van der Waals surface area contributed by atoms with Crippen molar-refractivity contribution in [3.63, 3.8) is 0 Å². The van der Waals surface area contributed by atoms with E-state index in [1.807, 2.05) is 26.2 Å². The van der Waals surface area contributed by atoms with Crippen molar-refractivity contribution in [1.82, 2.24) is 14.8 Å². The van der Waals surface area contributed by atoms with E-state index in [0.717, 1.165) is 5.69 Å². The highest BCUT2D eigenvalue weighted by molar-refractivity contribution is 7.17. The largest absolute Gasteiger partial charge is 0.477 e. The highest BCUT2D eigenvalue weighted by Crippen LogP contribution is 2.27. The average Bonchev–Trinajstić information content (AvgIpc) is 2.82. The second-order valence-corrected chi connectivity index (χ2v) is 4.33. The second-order valence-electron chi connectivity index (χ2n) is 3.33. The molecule has 0 aliphatic rings. The molecule has 1 N–H and O–H groups in total. The minimum atomic E-state index is -0.920. The zero-order valence-electron chi connectivity index (χ0n) is 8.97. The third kappa shape index (κ3) is 1.83. The van der Waals surface area contributed by atoms with Crippen LogP contribution in [0.5, 0.6) is 0 Å². The summed E-state index contributed by atoms with van der Waals surface area (Å²) in [6.07, 6.45) is 2.42. The number of aromatic carboxylic acids is 1. The first-order chi connectivity index (χ1) is 7.61. The number of aromatic nitrogens is 3. The van der Waals surface area contributed by atoms with Crippen LogP contribution in [0.25, 0.3) is 10.7 Å². The van der Waals surface area contributed by atoms with Gasteiger partial charge in [-0.25, -0.2) is 9.78 Å². The smallest absolute Gasteiger partial charge is 0.347 e. The molecule has 0 radical (unpaired) electrons. The zero-order chi connectivity index (χ0) is 11.7. The van der Waals surface area contributed by atoms with Crippen LogP contribution in [-0.4, -0.2) is 25.8 Å². The van der Waals surface area contributed by atoms with Crippen LogP contribution in [0.4, 0.5) is 0 Å². The number of aryl methyl sites for hydroxylation is 2. The van der Waals surface area contributed by atoms with Crippen molar-refractivity contribution < 1.29 is 9.90 Å². The SMILES string of the molecule is CCc1nc(-c2ccn(C)n2)sc1C(=O)O. The molecule has 2 aromatic heterocycles. The van der Waals surface area contributed by atoms with Crippen LogP contribution in [0.15, 0.2) is 12.3 Å². The van der Waals surface area contributed by atoms with Crippen LogP contribution in [-0.2, 0) is 13.5 Å². The maximum atomic E-state index is 11.0. The molecule has 0 aliphatic carbocycles. The Bertz CT molecular complexity index is 530. The van der Waals surface area contributed by atoms with E-state index in [1.54, 1.807) is 4.68 Å². The average molecular weight is 237 g/mol. The van der Waals surface area contributed by atoms with E-state index in [9.17, 15) is 4.79 Å². The van der Waals surface area contributed by atoms with E-state index in [4.69, 9.17) is 5.11 Å². The molecule has 0 fully saturated rings. The number of thiazole rings is 1. The van der Waals surface area contributed by atoms with Crippen molar-refractivity contribution in [3.8, 4) is 10.7 Å². The fourth-order valence-corrected chi connectivity index (χ4v) is 2.35. The van der Waals surface area contributed by atoms with E-state index in [2.05, 4.69) is 10.1 Å². The Kier molecular flexibility index (Phi) is 2.74. The molecule has 0 saturated heterocycles. The van der Waals surface area contributed by atoms with Gasteiger partial charge in [-0.15, -0.1) is 11.3 Å². The predicted octanol–water partition coefficient (Wildman–Crippen LogP) is 1.80. The normalized spacial score (nSPS) is 10.6. The molecule has 2 rings (SSSR count). The number of carboxylic acid groups (broad SMARTS) is 1. The molecular formula is C10H11N3O2S. The summed E-state index contributed by atoms with van der Waals surface area (Å²) in [5.41, 5.74) is 1.34. The lowest BCUT2D eigenvalue weighted by atomic mass is 10.3. The highest BCUT2D eigenvalue weighted by Gasteiger charge is 2.17. The van der Waals surface area contributed by atoms with Gasteiger partial charge in [0.1, 0.15) is 15.6 Å². The summed E-state index contributed by atoms with van der Waals surface area (Å²) in [5.74, 6) is -0.920. The molecule has 0 saturated carbocycles. The summed E-state index contributed by atoms with van der Waals surface area (Å²) >= 11 is 1.17. The van der Waals surface area contributed by atoms with Crippen LogP contribution in [0, 0.1) is 0 Å². The van der Waals surface area contributed by atoms with E-state index >= 15 is 0 Å². The Balaban J connectivity index is 2.47. The van der Waals surface area contributed by atoms with Crippen molar-refractivity contribution in [2.45, 2.75) is 13.3 Å². The fourth-order valence-electron chi connectivity index (χ4n) is 1.40. The number of rotatable bonds is 3. The molecule has 16 heavy (non-hydrogen) atoms.